The molecule has 2 bridgehead atoms. The summed E-state index contributed by atoms with van der Waals surface area (Å²) in [6, 6.07) is 1.93. The van der Waals surface area contributed by atoms with Gasteiger partial charge in [-0.2, -0.15) is 0 Å². The van der Waals surface area contributed by atoms with Gasteiger partial charge in [0.05, 0.1) is 31.3 Å². The molecule has 180 valence electrons. The van der Waals surface area contributed by atoms with Crippen LogP contribution in [-0.2, 0) is 25.4 Å². The van der Waals surface area contributed by atoms with Crippen LogP contribution in [0.15, 0.2) is 6.07 Å². The topological polar surface area (TPSA) is 116 Å². The Labute approximate surface area is 195 Å². The predicted molar refractivity (Wildman–Crippen MR) is 116 cm³/mol. The number of fused-ring (bicyclic) bond motifs is 7. The number of ether oxygens (including phenoxy) is 6. The molecule has 7 rings (SSSR count). The first kappa shape index (κ1) is 20.9. The summed E-state index contributed by atoms with van der Waals surface area (Å²) in [4.78, 5) is 12.9. The fraction of sp³-hybridized carbons (Fsp3) is 0.560. The minimum Gasteiger partial charge on any atom is -0.506 e. The molecule has 1 aliphatic carbocycles. The molecular weight excluding hydrogens is 444 g/mol. The zero-order valence-electron chi connectivity index (χ0n) is 19.2. The zero-order valence-corrected chi connectivity index (χ0v) is 19.2. The van der Waals surface area contributed by atoms with Crippen LogP contribution in [0.1, 0.15) is 52.4 Å². The number of phenols is 1. The Hall–Kier alpha value is -2.43. The Morgan fingerprint density at radius 2 is 2.03 bits per heavy atom. The van der Waals surface area contributed by atoms with Gasteiger partial charge in [0.2, 0.25) is 0 Å². The van der Waals surface area contributed by atoms with Gasteiger partial charge in [-0.05, 0) is 31.4 Å². The third-order valence-corrected chi connectivity index (χ3v) is 8.23. The number of aliphatic hydroxyl groups is 1. The van der Waals surface area contributed by atoms with Gasteiger partial charge in [-0.1, -0.05) is 0 Å². The van der Waals surface area contributed by atoms with Gasteiger partial charge in [-0.3, -0.25) is 4.79 Å². The molecule has 4 heterocycles. The number of aromatic hydroxyl groups is 1. The van der Waals surface area contributed by atoms with E-state index >= 15 is 0 Å². The van der Waals surface area contributed by atoms with E-state index in [-0.39, 0.29) is 30.1 Å². The van der Waals surface area contributed by atoms with Crippen LogP contribution >= 0.6 is 0 Å². The third kappa shape index (κ3) is 2.21. The SMILES string of the molecule is COc1c2c(c(O)c3c4c(c(C)cc13)C1OC3(CO)C[C@]5(CO5)[C@](OC)(O4)C1O3)C(=O)CCC2. The Morgan fingerprint density at radius 3 is 2.71 bits per heavy atom. The molecule has 1 spiro atoms. The minimum absolute atomic E-state index is 0.118. The van der Waals surface area contributed by atoms with Gasteiger partial charge in [-0.15, -0.1) is 0 Å². The maximum Gasteiger partial charge on any atom is 0.271 e. The molecule has 4 aliphatic heterocycles. The molecule has 0 radical (unpaired) electrons. The highest BCUT2D eigenvalue weighted by Crippen LogP contribution is 2.66. The summed E-state index contributed by atoms with van der Waals surface area (Å²) < 4.78 is 37.0. The van der Waals surface area contributed by atoms with Gasteiger partial charge in [-0.25, -0.2) is 0 Å². The number of aryl methyl sites for hydroxylation is 1. The van der Waals surface area contributed by atoms with E-state index in [2.05, 4.69) is 0 Å². The van der Waals surface area contributed by atoms with E-state index in [0.29, 0.717) is 53.7 Å². The van der Waals surface area contributed by atoms with E-state index in [9.17, 15) is 15.0 Å². The molecule has 0 saturated carbocycles. The molecule has 9 heteroatoms. The van der Waals surface area contributed by atoms with Crippen LogP contribution < -0.4 is 9.47 Å². The van der Waals surface area contributed by atoms with Crippen LogP contribution in [0.5, 0.6) is 17.2 Å². The van der Waals surface area contributed by atoms with E-state index in [1.807, 2.05) is 13.0 Å². The van der Waals surface area contributed by atoms with Crippen molar-refractivity contribution in [2.24, 2.45) is 0 Å². The standard InChI is InChI=1S/C25H26O9/c1-11-7-13-17(18(28)16-12(19(13)29-2)5-4-6-14(16)27)20-15(11)21-22-25(30-3,33-20)23(10-31-23)8-24(9-26,32-21)34-22/h7,21-22,26,28H,4-6,8-10H2,1-3H3/t21?,22?,23-,24?,25+/m0/s1. The quantitative estimate of drug-likeness (QED) is 0.653. The number of epoxide rings is 1. The number of methoxy groups -OCH3 is 2. The number of Topliss-reactive ketones (excluding diaryl/α,β-unsaturated/α-hetero) is 1. The lowest BCUT2D eigenvalue weighted by Gasteiger charge is -2.49. The average Bonchev–Trinajstić information content (AvgIpc) is 3.50. The van der Waals surface area contributed by atoms with Gasteiger partial charge in [0.1, 0.15) is 23.4 Å². The molecule has 3 fully saturated rings. The number of carbonyl (C=O) groups excluding carboxylic acids is 1. The summed E-state index contributed by atoms with van der Waals surface area (Å²) in [5.41, 5.74) is 1.70. The van der Waals surface area contributed by atoms with Gasteiger partial charge in [0, 0.05) is 36.5 Å². The maximum absolute atomic E-state index is 12.9. The van der Waals surface area contributed by atoms with E-state index < -0.39 is 29.4 Å². The number of ketones is 1. The highest BCUT2D eigenvalue weighted by atomic mass is 16.8. The molecule has 0 amide bonds. The van der Waals surface area contributed by atoms with Gasteiger partial charge < -0.3 is 38.6 Å². The number of hydrogen-bond donors (Lipinski definition) is 2. The van der Waals surface area contributed by atoms with Crippen LogP contribution in [0, 0.1) is 6.92 Å². The number of carbonyl (C=O) groups is 1. The first-order chi connectivity index (χ1) is 16.3. The van der Waals surface area contributed by atoms with Crippen molar-refractivity contribution in [3.63, 3.8) is 0 Å². The van der Waals surface area contributed by atoms with Gasteiger partial charge in [0.25, 0.3) is 5.79 Å². The first-order valence-electron chi connectivity index (χ1n) is 11.6. The van der Waals surface area contributed by atoms with Gasteiger partial charge in [0.15, 0.2) is 23.3 Å². The lowest BCUT2D eigenvalue weighted by atomic mass is 9.78. The number of phenolic OH excluding ortho intramolecular Hbond substituents is 1. The summed E-state index contributed by atoms with van der Waals surface area (Å²) in [5.74, 6) is -1.88. The summed E-state index contributed by atoms with van der Waals surface area (Å²) in [7, 11) is 3.10. The number of benzene rings is 2. The highest BCUT2D eigenvalue weighted by Gasteiger charge is 2.81. The maximum atomic E-state index is 12.9. The van der Waals surface area contributed by atoms with E-state index in [1.165, 1.54) is 7.11 Å². The fourth-order valence-corrected chi connectivity index (χ4v) is 6.71. The fourth-order valence-electron chi connectivity index (χ4n) is 6.71. The average molecular weight is 470 g/mol. The first-order valence-corrected chi connectivity index (χ1v) is 11.6. The minimum atomic E-state index is -1.35. The van der Waals surface area contributed by atoms with Crippen molar-refractivity contribution in [1.29, 1.82) is 0 Å². The summed E-state index contributed by atoms with van der Waals surface area (Å²) in [5, 5.41) is 22.7. The second kappa shape index (κ2) is 6.41. The third-order valence-electron chi connectivity index (χ3n) is 8.23. The molecule has 5 atom stereocenters. The van der Waals surface area contributed by atoms with Crippen LogP contribution in [0.4, 0.5) is 0 Å². The molecule has 2 aromatic carbocycles. The van der Waals surface area contributed by atoms with Crippen molar-refractivity contribution < 1.29 is 43.4 Å². The van der Waals surface area contributed by atoms with Crippen molar-refractivity contribution >= 4 is 16.6 Å². The van der Waals surface area contributed by atoms with Crippen LogP contribution in [0.2, 0.25) is 0 Å². The van der Waals surface area contributed by atoms with Crippen molar-refractivity contribution in [3.05, 3.63) is 28.3 Å². The molecule has 3 saturated heterocycles. The van der Waals surface area contributed by atoms with E-state index in [4.69, 9.17) is 28.4 Å². The Bertz CT molecular complexity index is 1280. The zero-order chi connectivity index (χ0) is 23.6. The lowest BCUT2D eigenvalue weighted by molar-refractivity contribution is -0.330. The number of aliphatic hydroxyl groups excluding tert-OH is 1. The summed E-state index contributed by atoms with van der Waals surface area (Å²) in [6.07, 6.45) is 0.645. The monoisotopic (exact) mass is 470 g/mol. The van der Waals surface area contributed by atoms with Crippen molar-refractivity contribution in [1.82, 2.24) is 0 Å². The number of rotatable bonds is 3. The molecule has 34 heavy (non-hydrogen) atoms. The highest BCUT2D eigenvalue weighted by molar-refractivity contribution is 6.11. The van der Waals surface area contributed by atoms with E-state index in [1.54, 1.807) is 7.11 Å². The van der Waals surface area contributed by atoms with Crippen molar-refractivity contribution in [2.45, 2.75) is 62.0 Å². The van der Waals surface area contributed by atoms with E-state index in [0.717, 1.165) is 11.1 Å². The molecule has 9 nitrogen and oxygen atoms in total. The Kier molecular flexibility index (Phi) is 3.94. The number of hydrogen-bond acceptors (Lipinski definition) is 9. The molecule has 3 unspecified atom stereocenters. The predicted octanol–water partition coefficient (Wildman–Crippen LogP) is 2.43. The second-order valence-corrected chi connectivity index (χ2v) is 9.95. The summed E-state index contributed by atoms with van der Waals surface area (Å²) in [6.45, 7) is 1.96. The molecule has 2 aromatic rings. The summed E-state index contributed by atoms with van der Waals surface area (Å²) >= 11 is 0. The largest absolute Gasteiger partial charge is 0.506 e. The van der Waals surface area contributed by atoms with Crippen molar-refractivity contribution in [2.75, 3.05) is 27.4 Å². The van der Waals surface area contributed by atoms with Crippen molar-refractivity contribution in [3.8, 4) is 17.2 Å². The molecule has 2 N–H and O–H groups in total. The Balaban J connectivity index is 1.58. The van der Waals surface area contributed by atoms with Crippen LogP contribution in [0.25, 0.3) is 10.8 Å². The van der Waals surface area contributed by atoms with Gasteiger partial charge >= 0.3 is 0 Å². The lowest BCUT2D eigenvalue weighted by Crippen LogP contribution is -2.68. The normalized spacial score (nSPS) is 36.9. The molecular formula is C25H26O9. The van der Waals surface area contributed by atoms with Crippen LogP contribution in [-0.4, -0.2) is 66.7 Å². The Morgan fingerprint density at radius 1 is 1.24 bits per heavy atom. The molecule has 5 aliphatic rings. The molecule has 0 aromatic heterocycles. The second-order valence-electron chi connectivity index (χ2n) is 9.95. The van der Waals surface area contributed by atoms with Crippen LogP contribution in [0.3, 0.4) is 0 Å². The smallest absolute Gasteiger partial charge is 0.271 e.